The van der Waals surface area contributed by atoms with Crippen LogP contribution in [0.15, 0.2) is 46.9 Å². The van der Waals surface area contributed by atoms with Crippen molar-refractivity contribution < 1.29 is 4.39 Å². The largest absolute Gasteiger partial charge is 0.207 e. The first kappa shape index (κ1) is 14.0. The summed E-state index contributed by atoms with van der Waals surface area (Å²) in [6.45, 7) is 0. The number of alkyl halides is 1. The highest BCUT2D eigenvalue weighted by molar-refractivity contribution is 9.11. The molecule has 2 aromatic rings. The van der Waals surface area contributed by atoms with E-state index < -0.39 is 0 Å². The summed E-state index contributed by atoms with van der Waals surface area (Å²) in [5.74, 6) is -0.228. The predicted molar refractivity (Wildman–Crippen MR) is 80.9 cm³/mol. The van der Waals surface area contributed by atoms with E-state index in [-0.39, 0.29) is 10.6 Å². The van der Waals surface area contributed by atoms with Crippen molar-refractivity contribution in [3.05, 3.63) is 68.9 Å². The third-order valence-corrected chi connectivity index (χ3v) is 4.41. The Morgan fingerprint density at radius 1 is 1.11 bits per heavy atom. The fourth-order valence-corrected chi connectivity index (χ4v) is 3.40. The van der Waals surface area contributed by atoms with Crippen molar-refractivity contribution in [2.24, 2.45) is 0 Å². The second kappa shape index (κ2) is 6.18. The molecule has 0 aliphatic carbocycles. The molecule has 1 atom stereocenters. The van der Waals surface area contributed by atoms with Crippen LogP contribution in [0.2, 0.25) is 5.02 Å². The minimum absolute atomic E-state index is 0.0590. The van der Waals surface area contributed by atoms with Gasteiger partial charge in [0.05, 0.1) is 0 Å². The summed E-state index contributed by atoms with van der Waals surface area (Å²) >= 11 is 12.9. The minimum atomic E-state index is -0.228. The van der Waals surface area contributed by atoms with E-state index in [1.807, 2.05) is 24.3 Å². The van der Waals surface area contributed by atoms with Crippen LogP contribution in [0.25, 0.3) is 0 Å². The molecule has 0 amide bonds. The second-order valence-electron chi connectivity index (χ2n) is 3.96. The van der Waals surface area contributed by atoms with E-state index in [9.17, 15) is 4.39 Å². The third-order valence-electron chi connectivity index (χ3n) is 2.62. The highest BCUT2D eigenvalue weighted by Gasteiger charge is 2.13. The summed E-state index contributed by atoms with van der Waals surface area (Å²) in [4.78, 5) is 0.0590. The van der Waals surface area contributed by atoms with Gasteiger partial charge in [-0.15, -0.1) is 0 Å². The van der Waals surface area contributed by atoms with Crippen LogP contribution in [0, 0.1) is 5.82 Å². The molecule has 0 aliphatic heterocycles. The molecule has 4 heteroatoms. The Morgan fingerprint density at radius 2 is 1.78 bits per heavy atom. The van der Waals surface area contributed by atoms with E-state index in [1.165, 1.54) is 6.07 Å². The van der Waals surface area contributed by atoms with Gasteiger partial charge in [0.25, 0.3) is 0 Å². The summed E-state index contributed by atoms with van der Waals surface area (Å²) in [6, 6.07) is 12.4. The second-order valence-corrected chi connectivity index (χ2v) is 6.36. The number of benzene rings is 2. The van der Waals surface area contributed by atoms with E-state index in [4.69, 9.17) is 11.6 Å². The smallest absolute Gasteiger partial charge is 0.123 e. The molecule has 0 radical (unpaired) electrons. The van der Waals surface area contributed by atoms with Gasteiger partial charge in [-0.25, -0.2) is 4.39 Å². The Hall–Kier alpha value is -0.380. The molecule has 94 valence electrons. The maximum absolute atomic E-state index is 13.2. The lowest BCUT2D eigenvalue weighted by Crippen LogP contribution is -1.97. The Morgan fingerprint density at radius 3 is 2.44 bits per heavy atom. The van der Waals surface area contributed by atoms with Gasteiger partial charge in [-0.2, -0.15) is 0 Å². The van der Waals surface area contributed by atoms with E-state index in [2.05, 4.69) is 31.9 Å². The van der Waals surface area contributed by atoms with Crippen molar-refractivity contribution in [1.29, 1.82) is 0 Å². The highest BCUT2D eigenvalue weighted by atomic mass is 79.9. The van der Waals surface area contributed by atoms with Crippen molar-refractivity contribution >= 4 is 43.5 Å². The van der Waals surface area contributed by atoms with E-state index >= 15 is 0 Å². The number of hydrogen-bond donors (Lipinski definition) is 0. The van der Waals surface area contributed by atoms with Crippen molar-refractivity contribution in [1.82, 2.24) is 0 Å². The molecule has 0 saturated carbocycles. The van der Waals surface area contributed by atoms with Crippen LogP contribution in [0.4, 0.5) is 4.39 Å². The Kier molecular flexibility index (Phi) is 4.82. The van der Waals surface area contributed by atoms with Gasteiger partial charge in [-0.3, -0.25) is 0 Å². The van der Waals surface area contributed by atoms with Crippen LogP contribution in [-0.2, 0) is 6.42 Å². The maximum atomic E-state index is 13.2. The van der Waals surface area contributed by atoms with Gasteiger partial charge >= 0.3 is 0 Å². The summed E-state index contributed by atoms with van der Waals surface area (Å²) in [5.41, 5.74) is 2.06. The molecule has 2 rings (SSSR count). The Balaban J connectivity index is 2.18. The lowest BCUT2D eigenvalue weighted by Gasteiger charge is -2.12. The minimum Gasteiger partial charge on any atom is -0.207 e. The van der Waals surface area contributed by atoms with Gasteiger partial charge in [-0.05, 0) is 47.9 Å². The highest BCUT2D eigenvalue weighted by Crippen LogP contribution is 2.33. The zero-order chi connectivity index (χ0) is 13.1. The van der Waals surface area contributed by atoms with Crippen LogP contribution < -0.4 is 0 Å². The van der Waals surface area contributed by atoms with Crippen LogP contribution in [0.5, 0.6) is 0 Å². The van der Waals surface area contributed by atoms with Gasteiger partial charge in [0, 0.05) is 14.3 Å². The summed E-state index contributed by atoms with van der Waals surface area (Å²) < 4.78 is 14.1. The predicted octanol–water partition coefficient (Wildman–Crippen LogP) is 5.92. The third kappa shape index (κ3) is 3.56. The molecule has 0 bridgehead atoms. The lowest BCUT2D eigenvalue weighted by molar-refractivity contribution is 0.624. The fraction of sp³-hybridized carbons (Fsp3) is 0.143. The fourth-order valence-electron chi connectivity index (χ4n) is 1.69. The normalized spacial score (nSPS) is 12.4. The van der Waals surface area contributed by atoms with Gasteiger partial charge < -0.3 is 0 Å². The zero-order valence-electron chi connectivity index (χ0n) is 9.34. The van der Waals surface area contributed by atoms with E-state index in [0.29, 0.717) is 0 Å². The van der Waals surface area contributed by atoms with Crippen LogP contribution >= 0.6 is 43.5 Å². The molecule has 0 saturated heterocycles. The standard InChI is InChI=1S/C14H10Br2ClF/c15-13-6-5-11(18)8-12(13)14(16)7-9-1-3-10(17)4-2-9/h1-6,8,14H,7H2. The lowest BCUT2D eigenvalue weighted by atomic mass is 10.0. The maximum Gasteiger partial charge on any atom is 0.123 e. The van der Waals surface area contributed by atoms with Crippen LogP contribution in [0.3, 0.4) is 0 Å². The van der Waals surface area contributed by atoms with Crippen molar-refractivity contribution in [3.8, 4) is 0 Å². The first-order chi connectivity index (χ1) is 8.56. The molecular weight excluding hydrogens is 382 g/mol. The van der Waals surface area contributed by atoms with E-state index in [1.54, 1.807) is 12.1 Å². The summed E-state index contributed by atoms with van der Waals surface area (Å²) in [5, 5.41) is 0.719. The summed E-state index contributed by atoms with van der Waals surface area (Å²) in [6.07, 6.45) is 0.777. The Bertz CT molecular complexity index is 540. The van der Waals surface area contributed by atoms with Gasteiger partial charge in [-0.1, -0.05) is 55.6 Å². The molecule has 2 aromatic carbocycles. The molecule has 0 aliphatic rings. The molecule has 0 fully saturated rings. The Labute approximate surface area is 127 Å². The monoisotopic (exact) mass is 390 g/mol. The van der Waals surface area contributed by atoms with Crippen LogP contribution in [-0.4, -0.2) is 0 Å². The molecular formula is C14H10Br2ClF. The van der Waals surface area contributed by atoms with Gasteiger partial charge in [0.2, 0.25) is 0 Å². The van der Waals surface area contributed by atoms with E-state index in [0.717, 1.165) is 27.0 Å². The number of halogens is 4. The first-order valence-corrected chi connectivity index (χ1v) is 7.48. The van der Waals surface area contributed by atoms with Crippen molar-refractivity contribution in [2.75, 3.05) is 0 Å². The van der Waals surface area contributed by atoms with Crippen molar-refractivity contribution in [3.63, 3.8) is 0 Å². The average Bonchev–Trinajstić information content (AvgIpc) is 2.35. The SMILES string of the molecule is Fc1ccc(Br)c(C(Br)Cc2ccc(Cl)cc2)c1. The molecule has 0 aromatic heterocycles. The molecule has 1 unspecified atom stereocenters. The molecule has 18 heavy (non-hydrogen) atoms. The average molecular weight is 392 g/mol. The molecule has 0 N–H and O–H groups in total. The number of hydrogen-bond acceptors (Lipinski definition) is 0. The van der Waals surface area contributed by atoms with Crippen molar-refractivity contribution in [2.45, 2.75) is 11.2 Å². The van der Waals surface area contributed by atoms with Crippen LogP contribution in [0.1, 0.15) is 16.0 Å². The van der Waals surface area contributed by atoms with Gasteiger partial charge in [0.15, 0.2) is 0 Å². The first-order valence-electron chi connectivity index (χ1n) is 5.40. The summed E-state index contributed by atoms with van der Waals surface area (Å²) in [7, 11) is 0. The zero-order valence-corrected chi connectivity index (χ0v) is 13.3. The molecule has 0 spiro atoms. The number of rotatable bonds is 3. The molecule has 0 nitrogen and oxygen atoms in total. The van der Waals surface area contributed by atoms with Gasteiger partial charge in [0.1, 0.15) is 5.82 Å². The molecule has 0 heterocycles. The quantitative estimate of drug-likeness (QED) is 0.569. The topological polar surface area (TPSA) is 0 Å².